The number of carbonyl (C=O) groups excluding carboxylic acids is 1. The molecular formula is C24H31N3O3. The number of amides is 1. The Morgan fingerprint density at radius 1 is 1.13 bits per heavy atom. The normalized spacial score (nSPS) is 20.0. The van der Waals surface area contributed by atoms with Gasteiger partial charge in [-0.25, -0.2) is 0 Å². The SMILES string of the molecule is COc1cccc(CN2CCC[C@@H](NC(=O)c3ccccc3N3CCOCC3)C2)c1. The average molecular weight is 410 g/mol. The number of hydrogen-bond acceptors (Lipinski definition) is 5. The Labute approximate surface area is 178 Å². The first-order valence-electron chi connectivity index (χ1n) is 10.8. The van der Waals surface area contributed by atoms with Crippen LogP contribution in [-0.2, 0) is 11.3 Å². The standard InChI is InChI=1S/C24H31N3O3/c1-29-21-8-4-6-19(16-21)17-26-11-5-7-20(18-26)25-24(28)22-9-2-3-10-23(22)27-12-14-30-15-13-27/h2-4,6,8-10,16,20H,5,7,11-15,17-18H2,1H3,(H,25,28)/t20-/m1/s1. The first-order chi connectivity index (χ1) is 14.7. The summed E-state index contributed by atoms with van der Waals surface area (Å²) in [6, 6.07) is 16.3. The van der Waals surface area contributed by atoms with Crippen molar-refractivity contribution in [2.45, 2.75) is 25.4 Å². The molecular weight excluding hydrogens is 378 g/mol. The van der Waals surface area contributed by atoms with E-state index in [1.54, 1.807) is 7.11 Å². The lowest BCUT2D eigenvalue weighted by atomic mass is 10.0. The Kier molecular flexibility index (Phi) is 6.87. The summed E-state index contributed by atoms with van der Waals surface area (Å²) in [5.41, 5.74) is 2.99. The first-order valence-corrected chi connectivity index (χ1v) is 10.8. The largest absolute Gasteiger partial charge is 0.497 e. The average Bonchev–Trinajstić information content (AvgIpc) is 2.80. The van der Waals surface area contributed by atoms with E-state index in [1.165, 1.54) is 5.56 Å². The third kappa shape index (κ3) is 5.12. The fourth-order valence-electron chi connectivity index (χ4n) is 4.35. The summed E-state index contributed by atoms with van der Waals surface area (Å²) in [5.74, 6) is 0.902. The van der Waals surface area contributed by atoms with E-state index in [0.29, 0.717) is 13.2 Å². The van der Waals surface area contributed by atoms with Crippen LogP contribution in [0.15, 0.2) is 48.5 Å². The van der Waals surface area contributed by atoms with Crippen molar-refractivity contribution >= 4 is 11.6 Å². The monoisotopic (exact) mass is 409 g/mol. The fraction of sp³-hybridized carbons (Fsp3) is 0.458. The van der Waals surface area contributed by atoms with Crippen molar-refractivity contribution in [3.05, 3.63) is 59.7 Å². The van der Waals surface area contributed by atoms with E-state index in [2.05, 4.69) is 27.2 Å². The molecule has 0 radical (unpaired) electrons. The molecule has 1 N–H and O–H groups in total. The molecule has 2 aromatic rings. The maximum Gasteiger partial charge on any atom is 0.253 e. The molecule has 2 fully saturated rings. The summed E-state index contributed by atoms with van der Waals surface area (Å²) in [6.45, 7) is 5.84. The number of morpholine rings is 1. The minimum absolute atomic E-state index is 0.0188. The van der Waals surface area contributed by atoms with E-state index >= 15 is 0 Å². The Bertz CT molecular complexity index is 851. The molecule has 6 heteroatoms. The number of anilines is 1. The van der Waals surface area contributed by atoms with Crippen molar-refractivity contribution < 1.29 is 14.3 Å². The fourth-order valence-corrected chi connectivity index (χ4v) is 4.35. The summed E-state index contributed by atoms with van der Waals surface area (Å²) in [4.78, 5) is 17.8. The van der Waals surface area contributed by atoms with Gasteiger partial charge in [0.25, 0.3) is 5.91 Å². The van der Waals surface area contributed by atoms with E-state index in [1.807, 2.05) is 36.4 Å². The molecule has 0 saturated carbocycles. The third-order valence-corrected chi connectivity index (χ3v) is 5.88. The Morgan fingerprint density at radius 2 is 1.97 bits per heavy atom. The Balaban J connectivity index is 1.39. The molecule has 2 saturated heterocycles. The van der Waals surface area contributed by atoms with Gasteiger partial charge >= 0.3 is 0 Å². The van der Waals surface area contributed by atoms with Crippen molar-refractivity contribution in [3.8, 4) is 5.75 Å². The van der Waals surface area contributed by atoms with Crippen LogP contribution in [0.2, 0.25) is 0 Å². The molecule has 1 atom stereocenters. The second kappa shape index (κ2) is 9.96. The summed E-state index contributed by atoms with van der Waals surface area (Å²) < 4.78 is 10.8. The number of para-hydroxylation sites is 1. The molecule has 0 aromatic heterocycles. The van der Waals surface area contributed by atoms with E-state index in [-0.39, 0.29) is 11.9 Å². The predicted molar refractivity (Wildman–Crippen MR) is 118 cm³/mol. The molecule has 2 heterocycles. The topological polar surface area (TPSA) is 54.0 Å². The van der Waals surface area contributed by atoms with Crippen molar-refractivity contribution in [3.63, 3.8) is 0 Å². The number of hydrogen-bond donors (Lipinski definition) is 1. The molecule has 1 amide bonds. The van der Waals surface area contributed by atoms with E-state index in [0.717, 1.165) is 62.6 Å². The van der Waals surface area contributed by atoms with E-state index in [4.69, 9.17) is 9.47 Å². The molecule has 0 spiro atoms. The van der Waals surface area contributed by atoms with Gasteiger partial charge in [-0.05, 0) is 49.2 Å². The highest BCUT2D eigenvalue weighted by Crippen LogP contribution is 2.23. The van der Waals surface area contributed by atoms with Crippen LogP contribution in [0.3, 0.4) is 0 Å². The number of rotatable bonds is 6. The van der Waals surface area contributed by atoms with Gasteiger partial charge in [0.15, 0.2) is 0 Å². The molecule has 0 unspecified atom stereocenters. The molecule has 160 valence electrons. The number of nitrogens with zero attached hydrogens (tertiary/aromatic N) is 2. The predicted octanol–water partition coefficient (Wildman–Crippen LogP) is 2.93. The zero-order valence-electron chi connectivity index (χ0n) is 17.7. The smallest absolute Gasteiger partial charge is 0.253 e. The maximum absolute atomic E-state index is 13.1. The number of nitrogens with one attached hydrogen (secondary N) is 1. The zero-order valence-corrected chi connectivity index (χ0v) is 17.7. The molecule has 0 aliphatic carbocycles. The lowest BCUT2D eigenvalue weighted by Gasteiger charge is -2.34. The number of likely N-dealkylation sites (tertiary alicyclic amines) is 1. The minimum Gasteiger partial charge on any atom is -0.497 e. The van der Waals surface area contributed by atoms with Crippen LogP contribution in [0.5, 0.6) is 5.75 Å². The first kappa shape index (κ1) is 20.7. The minimum atomic E-state index is 0.0188. The van der Waals surface area contributed by atoms with Crippen molar-refractivity contribution in [1.82, 2.24) is 10.2 Å². The van der Waals surface area contributed by atoms with Gasteiger partial charge in [-0.15, -0.1) is 0 Å². The van der Waals surface area contributed by atoms with Crippen molar-refractivity contribution in [1.29, 1.82) is 0 Å². The highest BCUT2D eigenvalue weighted by molar-refractivity contribution is 6.00. The molecule has 2 aromatic carbocycles. The van der Waals surface area contributed by atoms with E-state index in [9.17, 15) is 4.79 Å². The van der Waals surface area contributed by atoms with Crippen LogP contribution in [0, 0.1) is 0 Å². The van der Waals surface area contributed by atoms with Gasteiger partial charge in [-0.2, -0.15) is 0 Å². The highest BCUT2D eigenvalue weighted by atomic mass is 16.5. The quantitative estimate of drug-likeness (QED) is 0.795. The Hall–Kier alpha value is -2.57. The summed E-state index contributed by atoms with van der Waals surface area (Å²) in [6.07, 6.45) is 2.10. The van der Waals surface area contributed by atoms with Crippen molar-refractivity contribution in [2.75, 3.05) is 51.4 Å². The maximum atomic E-state index is 13.1. The lowest BCUT2D eigenvalue weighted by Crippen LogP contribution is -2.47. The number of methoxy groups -OCH3 is 1. The van der Waals surface area contributed by atoms with Gasteiger partial charge in [-0.1, -0.05) is 24.3 Å². The number of piperidine rings is 1. The van der Waals surface area contributed by atoms with Gasteiger partial charge in [0, 0.05) is 37.9 Å². The number of ether oxygens (including phenoxy) is 2. The van der Waals surface area contributed by atoms with Crippen LogP contribution in [0.25, 0.3) is 0 Å². The molecule has 0 bridgehead atoms. The summed E-state index contributed by atoms with van der Waals surface area (Å²) >= 11 is 0. The molecule has 6 nitrogen and oxygen atoms in total. The molecule has 2 aliphatic heterocycles. The van der Waals surface area contributed by atoms with Gasteiger partial charge in [-0.3, -0.25) is 9.69 Å². The zero-order chi connectivity index (χ0) is 20.8. The molecule has 30 heavy (non-hydrogen) atoms. The van der Waals surface area contributed by atoms with Gasteiger partial charge in [0.1, 0.15) is 5.75 Å². The summed E-state index contributed by atoms with van der Waals surface area (Å²) in [7, 11) is 1.69. The van der Waals surface area contributed by atoms with Gasteiger partial charge in [0.05, 0.1) is 25.9 Å². The van der Waals surface area contributed by atoms with Crippen LogP contribution in [0.1, 0.15) is 28.8 Å². The molecule has 4 rings (SSSR count). The van der Waals surface area contributed by atoms with Crippen LogP contribution < -0.4 is 15.0 Å². The second-order valence-corrected chi connectivity index (χ2v) is 8.02. The second-order valence-electron chi connectivity index (χ2n) is 8.02. The number of benzene rings is 2. The lowest BCUT2D eigenvalue weighted by molar-refractivity contribution is 0.0899. The van der Waals surface area contributed by atoms with Gasteiger partial charge < -0.3 is 19.7 Å². The van der Waals surface area contributed by atoms with Crippen molar-refractivity contribution in [2.24, 2.45) is 0 Å². The van der Waals surface area contributed by atoms with Crippen LogP contribution >= 0.6 is 0 Å². The van der Waals surface area contributed by atoms with Gasteiger partial charge in [0.2, 0.25) is 0 Å². The molecule has 2 aliphatic rings. The van der Waals surface area contributed by atoms with E-state index < -0.39 is 0 Å². The van der Waals surface area contributed by atoms with Crippen LogP contribution in [0.4, 0.5) is 5.69 Å². The number of carbonyl (C=O) groups is 1. The third-order valence-electron chi connectivity index (χ3n) is 5.88. The Morgan fingerprint density at radius 3 is 2.80 bits per heavy atom. The van der Waals surface area contributed by atoms with Crippen LogP contribution in [-0.4, -0.2) is 63.4 Å². The summed E-state index contributed by atoms with van der Waals surface area (Å²) in [5, 5.41) is 3.29. The highest BCUT2D eigenvalue weighted by Gasteiger charge is 2.24.